The van der Waals surface area contributed by atoms with E-state index in [0.717, 1.165) is 50.7 Å². The zero-order valence-corrected chi connectivity index (χ0v) is 11.9. The summed E-state index contributed by atoms with van der Waals surface area (Å²) in [6.07, 6.45) is 11.4. The predicted octanol–water partition coefficient (Wildman–Crippen LogP) is 3.77. The summed E-state index contributed by atoms with van der Waals surface area (Å²) in [7, 11) is 0. The minimum Gasteiger partial charge on any atom is -0.396 e. The smallest absolute Gasteiger partial charge is 0.132 e. The lowest BCUT2D eigenvalue weighted by Crippen LogP contribution is -1.97. The van der Waals surface area contributed by atoms with Crippen LogP contribution in [0.2, 0.25) is 0 Å². The van der Waals surface area contributed by atoms with Gasteiger partial charge in [0, 0.05) is 19.4 Å². The molecule has 0 atom stereocenters. The Labute approximate surface area is 112 Å². The first-order valence-electron chi connectivity index (χ1n) is 7.04. The van der Waals surface area contributed by atoms with Gasteiger partial charge in [0.1, 0.15) is 5.78 Å². The van der Waals surface area contributed by atoms with Crippen molar-refractivity contribution >= 4 is 18.4 Å². The van der Waals surface area contributed by atoms with Crippen molar-refractivity contribution in [1.29, 1.82) is 0 Å². The van der Waals surface area contributed by atoms with Gasteiger partial charge >= 0.3 is 0 Å². The molecule has 0 rings (SSSR count). The van der Waals surface area contributed by atoms with Crippen molar-refractivity contribution in [1.82, 2.24) is 0 Å². The van der Waals surface area contributed by atoms with E-state index in [-0.39, 0.29) is 6.61 Å². The molecule has 0 aromatic rings. The van der Waals surface area contributed by atoms with E-state index >= 15 is 0 Å². The van der Waals surface area contributed by atoms with Crippen LogP contribution < -0.4 is 0 Å². The number of aliphatic hydroxyl groups is 1. The monoisotopic (exact) mass is 260 g/mol. The average molecular weight is 260 g/mol. The van der Waals surface area contributed by atoms with Crippen LogP contribution in [0.4, 0.5) is 0 Å². The zero-order valence-electron chi connectivity index (χ0n) is 11.0. The number of unbranched alkanes of at least 4 members (excludes halogenated alkanes) is 7. The molecule has 0 unspecified atom stereocenters. The topological polar surface area (TPSA) is 37.3 Å². The van der Waals surface area contributed by atoms with Crippen molar-refractivity contribution in [3.05, 3.63) is 0 Å². The fraction of sp³-hybridized carbons (Fsp3) is 0.929. The molecule has 0 saturated carbocycles. The van der Waals surface area contributed by atoms with Gasteiger partial charge in [0.2, 0.25) is 0 Å². The summed E-state index contributed by atoms with van der Waals surface area (Å²) in [4.78, 5) is 11.5. The second-order valence-corrected chi connectivity index (χ2v) is 5.12. The maximum Gasteiger partial charge on any atom is 0.132 e. The standard InChI is InChI=1S/C14H28O2S/c15-12-8-4-3-7-11-14(16)10-6-2-1-5-9-13-17/h15,17H,1-13H2. The van der Waals surface area contributed by atoms with Gasteiger partial charge in [0.25, 0.3) is 0 Å². The normalized spacial score (nSPS) is 10.7. The molecular weight excluding hydrogens is 232 g/mol. The van der Waals surface area contributed by atoms with Crippen molar-refractivity contribution in [2.45, 2.75) is 70.6 Å². The van der Waals surface area contributed by atoms with Crippen LogP contribution in [-0.2, 0) is 4.79 Å². The highest BCUT2D eigenvalue weighted by Crippen LogP contribution is 2.09. The second kappa shape index (κ2) is 14.0. The van der Waals surface area contributed by atoms with Crippen molar-refractivity contribution in [3.63, 3.8) is 0 Å². The molecule has 3 heteroatoms. The maximum absolute atomic E-state index is 11.5. The third-order valence-electron chi connectivity index (χ3n) is 2.98. The van der Waals surface area contributed by atoms with Crippen LogP contribution in [0.3, 0.4) is 0 Å². The molecule has 0 aliphatic carbocycles. The molecule has 0 saturated heterocycles. The van der Waals surface area contributed by atoms with Crippen LogP contribution >= 0.6 is 12.6 Å². The van der Waals surface area contributed by atoms with E-state index in [1.807, 2.05) is 0 Å². The quantitative estimate of drug-likeness (QED) is 0.391. The highest BCUT2D eigenvalue weighted by Gasteiger charge is 2.01. The summed E-state index contributed by atoms with van der Waals surface area (Å²) in [6.45, 7) is 0.278. The molecule has 0 aliphatic rings. The third kappa shape index (κ3) is 13.9. The molecule has 0 aliphatic heterocycles. The largest absolute Gasteiger partial charge is 0.396 e. The van der Waals surface area contributed by atoms with Crippen LogP contribution in [0, 0.1) is 0 Å². The predicted molar refractivity (Wildman–Crippen MR) is 76.7 cm³/mol. The molecular formula is C14H28O2S. The fourth-order valence-corrected chi connectivity index (χ4v) is 2.10. The Morgan fingerprint density at radius 1 is 0.765 bits per heavy atom. The summed E-state index contributed by atoms with van der Waals surface area (Å²) >= 11 is 4.17. The van der Waals surface area contributed by atoms with E-state index in [9.17, 15) is 4.79 Å². The lowest BCUT2D eigenvalue weighted by atomic mass is 10.0. The Bertz CT molecular complexity index is 172. The van der Waals surface area contributed by atoms with E-state index in [4.69, 9.17) is 5.11 Å². The number of carbonyl (C=O) groups is 1. The SMILES string of the molecule is O=C(CCCCCCO)CCCCCCCS. The second-order valence-electron chi connectivity index (χ2n) is 4.67. The molecule has 0 fully saturated rings. The number of carbonyl (C=O) groups excluding carboxylic acids is 1. The molecule has 0 aromatic heterocycles. The van der Waals surface area contributed by atoms with Gasteiger partial charge in [-0.25, -0.2) is 0 Å². The fourth-order valence-electron chi connectivity index (χ4n) is 1.88. The first kappa shape index (κ1) is 17.0. The molecule has 2 nitrogen and oxygen atoms in total. The number of Topliss-reactive ketones (excluding diaryl/α,β-unsaturated/α-hetero) is 1. The number of thiol groups is 1. The van der Waals surface area contributed by atoms with Gasteiger partial charge in [-0.2, -0.15) is 12.6 Å². The van der Waals surface area contributed by atoms with Crippen molar-refractivity contribution in [2.75, 3.05) is 12.4 Å². The highest BCUT2D eigenvalue weighted by atomic mass is 32.1. The summed E-state index contributed by atoms with van der Waals surface area (Å²) in [5.41, 5.74) is 0. The van der Waals surface area contributed by atoms with Crippen LogP contribution in [0.1, 0.15) is 70.6 Å². The number of rotatable bonds is 13. The van der Waals surface area contributed by atoms with Gasteiger partial charge in [-0.1, -0.05) is 32.1 Å². The van der Waals surface area contributed by atoms with Gasteiger partial charge in [-0.3, -0.25) is 4.79 Å². The van der Waals surface area contributed by atoms with Gasteiger partial charge in [-0.15, -0.1) is 0 Å². The highest BCUT2D eigenvalue weighted by molar-refractivity contribution is 7.80. The van der Waals surface area contributed by atoms with E-state index in [0.29, 0.717) is 5.78 Å². The van der Waals surface area contributed by atoms with Crippen molar-refractivity contribution < 1.29 is 9.90 Å². The lowest BCUT2D eigenvalue weighted by molar-refractivity contribution is -0.119. The summed E-state index contributed by atoms with van der Waals surface area (Å²) in [5, 5.41) is 8.61. The molecule has 0 spiro atoms. The molecule has 0 heterocycles. The Kier molecular flexibility index (Phi) is 14.0. The van der Waals surface area contributed by atoms with E-state index < -0.39 is 0 Å². The van der Waals surface area contributed by atoms with Crippen LogP contribution in [0.15, 0.2) is 0 Å². The maximum atomic E-state index is 11.5. The summed E-state index contributed by atoms with van der Waals surface area (Å²) in [5.74, 6) is 1.40. The Morgan fingerprint density at radius 3 is 1.76 bits per heavy atom. The van der Waals surface area contributed by atoms with Crippen molar-refractivity contribution in [3.8, 4) is 0 Å². The zero-order chi connectivity index (χ0) is 12.8. The van der Waals surface area contributed by atoms with Gasteiger partial charge in [0.15, 0.2) is 0 Å². The first-order chi connectivity index (χ1) is 8.31. The van der Waals surface area contributed by atoms with Gasteiger partial charge in [0.05, 0.1) is 0 Å². The molecule has 1 N–H and O–H groups in total. The number of ketones is 1. The minimum absolute atomic E-state index is 0.278. The van der Waals surface area contributed by atoms with Crippen molar-refractivity contribution in [2.24, 2.45) is 0 Å². The van der Waals surface area contributed by atoms with Crippen LogP contribution in [0.25, 0.3) is 0 Å². The Morgan fingerprint density at radius 2 is 1.24 bits per heavy atom. The Hall–Kier alpha value is -0.0200. The van der Waals surface area contributed by atoms with Gasteiger partial charge < -0.3 is 5.11 Å². The van der Waals surface area contributed by atoms with E-state index in [1.165, 1.54) is 25.7 Å². The molecule has 0 amide bonds. The third-order valence-corrected chi connectivity index (χ3v) is 3.29. The minimum atomic E-state index is 0.278. The number of aliphatic hydroxyl groups excluding tert-OH is 1. The molecule has 102 valence electrons. The first-order valence-corrected chi connectivity index (χ1v) is 7.68. The van der Waals surface area contributed by atoms with Crippen LogP contribution in [-0.4, -0.2) is 23.2 Å². The average Bonchev–Trinajstić information content (AvgIpc) is 2.33. The van der Waals surface area contributed by atoms with Gasteiger partial charge in [-0.05, 0) is 31.4 Å². The number of hydrogen-bond acceptors (Lipinski definition) is 3. The summed E-state index contributed by atoms with van der Waals surface area (Å²) < 4.78 is 0. The lowest BCUT2D eigenvalue weighted by Gasteiger charge is -2.02. The van der Waals surface area contributed by atoms with Crippen LogP contribution in [0.5, 0.6) is 0 Å². The van der Waals surface area contributed by atoms with E-state index in [1.54, 1.807) is 0 Å². The molecule has 17 heavy (non-hydrogen) atoms. The summed E-state index contributed by atoms with van der Waals surface area (Å²) in [6, 6.07) is 0. The molecule has 0 radical (unpaired) electrons. The molecule has 0 bridgehead atoms. The number of hydrogen-bond donors (Lipinski definition) is 2. The van der Waals surface area contributed by atoms with E-state index in [2.05, 4.69) is 12.6 Å². The Balaban J connectivity index is 3.12. The molecule has 0 aromatic carbocycles.